The third-order valence-electron chi connectivity index (χ3n) is 4.96. The number of benzene rings is 1. The third kappa shape index (κ3) is 4.80. The second-order valence-electron chi connectivity index (χ2n) is 7.25. The van der Waals surface area contributed by atoms with E-state index in [1.54, 1.807) is 0 Å². The van der Waals surface area contributed by atoms with Gasteiger partial charge in [0.15, 0.2) is 5.96 Å². The smallest absolute Gasteiger partial charge is 0.191 e. The van der Waals surface area contributed by atoms with E-state index < -0.39 is 0 Å². The van der Waals surface area contributed by atoms with Gasteiger partial charge in [-0.3, -0.25) is 4.98 Å². The summed E-state index contributed by atoms with van der Waals surface area (Å²) in [6.07, 6.45) is 3.78. The van der Waals surface area contributed by atoms with Crippen molar-refractivity contribution in [1.82, 2.24) is 30.4 Å². The zero-order valence-corrected chi connectivity index (χ0v) is 17.0. The molecule has 1 aromatic carbocycles. The van der Waals surface area contributed by atoms with E-state index in [4.69, 9.17) is 4.99 Å². The quantitative estimate of drug-likeness (QED) is 0.518. The van der Waals surface area contributed by atoms with Crippen molar-refractivity contribution in [3.8, 4) is 11.3 Å². The fourth-order valence-corrected chi connectivity index (χ4v) is 3.60. The number of aryl methyl sites for hydroxylation is 2. The fourth-order valence-electron chi connectivity index (χ4n) is 3.60. The Bertz CT molecular complexity index is 978. The van der Waals surface area contributed by atoms with Crippen LogP contribution < -0.4 is 10.6 Å². The van der Waals surface area contributed by atoms with Crippen LogP contribution in [0.25, 0.3) is 11.3 Å². The Balaban J connectivity index is 1.44. The lowest BCUT2D eigenvalue weighted by molar-refractivity contribution is 0.392. The first-order chi connectivity index (χ1) is 14.2. The number of pyridine rings is 1. The molecule has 150 valence electrons. The Hall–Kier alpha value is -3.22. The van der Waals surface area contributed by atoms with Crippen LogP contribution in [0.2, 0.25) is 0 Å². The van der Waals surface area contributed by atoms with Gasteiger partial charge in [-0.05, 0) is 44.0 Å². The van der Waals surface area contributed by atoms with Gasteiger partial charge in [-0.15, -0.1) is 0 Å². The van der Waals surface area contributed by atoms with Crippen LogP contribution in [-0.2, 0) is 19.5 Å². The topological polar surface area (TPSA) is 80.0 Å². The van der Waals surface area contributed by atoms with E-state index in [1.165, 1.54) is 0 Å². The van der Waals surface area contributed by atoms with E-state index in [2.05, 4.69) is 56.9 Å². The summed E-state index contributed by atoms with van der Waals surface area (Å²) in [5.41, 5.74) is 3.24. The molecule has 4 rings (SSSR count). The minimum absolute atomic E-state index is 0.293. The highest BCUT2D eigenvalue weighted by molar-refractivity contribution is 5.80. The molecule has 0 fully saturated rings. The summed E-state index contributed by atoms with van der Waals surface area (Å²) < 4.78 is 2.01. The van der Waals surface area contributed by atoms with Crippen LogP contribution in [0.5, 0.6) is 0 Å². The summed E-state index contributed by atoms with van der Waals surface area (Å²) >= 11 is 0. The van der Waals surface area contributed by atoms with E-state index >= 15 is 0 Å². The number of rotatable bonds is 5. The molecule has 2 N–H and O–H groups in total. The van der Waals surface area contributed by atoms with Crippen LogP contribution in [0.1, 0.15) is 30.6 Å². The van der Waals surface area contributed by atoms with Gasteiger partial charge in [0, 0.05) is 30.8 Å². The van der Waals surface area contributed by atoms with Gasteiger partial charge >= 0.3 is 0 Å². The Labute approximate surface area is 171 Å². The van der Waals surface area contributed by atoms with Gasteiger partial charge in [0.1, 0.15) is 11.6 Å². The van der Waals surface area contributed by atoms with Gasteiger partial charge in [0.2, 0.25) is 0 Å². The van der Waals surface area contributed by atoms with Crippen molar-refractivity contribution in [3.05, 3.63) is 65.9 Å². The van der Waals surface area contributed by atoms with E-state index in [0.29, 0.717) is 12.6 Å². The maximum Gasteiger partial charge on any atom is 0.191 e. The van der Waals surface area contributed by atoms with Crippen LogP contribution in [0.4, 0.5) is 0 Å². The zero-order chi connectivity index (χ0) is 20.1. The van der Waals surface area contributed by atoms with Gasteiger partial charge in [-0.2, -0.15) is 5.10 Å². The second-order valence-corrected chi connectivity index (χ2v) is 7.25. The summed E-state index contributed by atoms with van der Waals surface area (Å²) in [6, 6.07) is 14.7. The molecule has 7 heteroatoms. The van der Waals surface area contributed by atoms with Crippen molar-refractivity contribution >= 4 is 5.96 Å². The fraction of sp³-hybridized carbons (Fsp3) is 0.364. The molecule has 2 aromatic heterocycles. The van der Waals surface area contributed by atoms with Gasteiger partial charge in [-0.1, -0.05) is 24.3 Å². The van der Waals surface area contributed by atoms with Crippen LogP contribution >= 0.6 is 0 Å². The molecule has 1 aliphatic rings. The highest BCUT2D eigenvalue weighted by Crippen LogP contribution is 2.18. The van der Waals surface area contributed by atoms with Crippen LogP contribution in [0.3, 0.4) is 0 Å². The van der Waals surface area contributed by atoms with E-state index in [0.717, 1.165) is 60.4 Å². The maximum absolute atomic E-state index is 4.80. The minimum atomic E-state index is 0.293. The summed E-state index contributed by atoms with van der Waals surface area (Å²) in [6.45, 7) is 6.27. The Morgan fingerprint density at radius 3 is 3.00 bits per heavy atom. The first-order valence-electron chi connectivity index (χ1n) is 10.2. The second kappa shape index (κ2) is 8.86. The number of aromatic nitrogens is 4. The number of hydrogen-bond donors (Lipinski definition) is 2. The molecule has 0 spiro atoms. The van der Waals surface area contributed by atoms with Gasteiger partial charge in [0.05, 0.1) is 18.8 Å². The average Bonchev–Trinajstić information content (AvgIpc) is 3.12. The number of nitrogens with one attached hydrogen (secondary N) is 2. The molecule has 0 bridgehead atoms. The summed E-state index contributed by atoms with van der Waals surface area (Å²) in [4.78, 5) is 13.7. The molecule has 3 heterocycles. The lowest BCUT2D eigenvalue weighted by Gasteiger charge is -2.25. The predicted octanol–water partition coefficient (Wildman–Crippen LogP) is 2.72. The monoisotopic (exact) mass is 389 g/mol. The van der Waals surface area contributed by atoms with Crippen molar-refractivity contribution in [2.45, 2.75) is 45.8 Å². The molecular formula is C22H27N7. The highest BCUT2D eigenvalue weighted by atomic mass is 15.4. The molecule has 0 aliphatic carbocycles. The van der Waals surface area contributed by atoms with Crippen LogP contribution in [0, 0.1) is 6.92 Å². The maximum atomic E-state index is 4.80. The molecule has 3 aromatic rings. The number of nitrogens with zero attached hydrogens (tertiary/aromatic N) is 5. The SMILES string of the molecule is CCNC(=NCc1cccc(-c2ccccn2)c1)NC1CCc2nc(C)nn2C1. The van der Waals surface area contributed by atoms with Gasteiger partial charge in [0.25, 0.3) is 0 Å². The first-order valence-corrected chi connectivity index (χ1v) is 10.2. The molecule has 0 radical (unpaired) electrons. The number of hydrogen-bond acceptors (Lipinski definition) is 4. The molecule has 29 heavy (non-hydrogen) atoms. The molecule has 0 amide bonds. The number of fused-ring (bicyclic) bond motifs is 1. The van der Waals surface area contributed by atoms with Crippen LogP contribution in [0.15, 0.2) is 53.7 Å². The van der Waals surface area contributed by atoms with Crippen molar-refractivity contribution in [1.29, 1.82) is 0 Å². The van der Waals surface area contributed by atoms with Crippen molar-refractivity contribution in [3.63, 3.8) is 0 Å². The predicted molar refractivity (Wildman–Crippen MR) is 114 cm³/mol. The van der Waals surface area contributed by atoms with Gasteiger partial charge in [-0.25, -0.2) is 14.7 Å². The Morgan fingerprint density at radius 2 is 2.17 bits per heavy atom. The molecule has 7 nitrogen and oxygen atoms in total. The highest BCUT2D eigenvalue weighted by Gasteiger charge is 2.21. The number of guanidine groups is 1. The van der Waals surface area contributed by atoms with Crippen molar-refractivity contribution in [2.24, 2.45) is 4.99 Å². The third-order valence-corrected chi connectivity index (χ3v) is 4.96. The lowest BCUT2D eigenvalue weighted by atomic mass is 10.1. The molecule has 0 saturated heterocycles. The van der Waals surface area contributed by atoms with Gasteiger partial charge < -0.3 is 10.6 Å². The van der Waals surface area contributed by atoms with Crippen LogP contribution in [-0.4, -0.2) is 38.3 Å². The molecule has 1 aliphatic heterocycles. The summed E-state index contributed by atoms with van der Waals surface area (Å²) in [7, 11) is 0. The molecule has 1 atom stereocenters. The summed E-state index contributed by atoms with van der Waals surface area (Å²) in [5, 5.41) is 11.4. The largest absolute Gasteiger partial charge is 0.357 e. The molecular weight excluding hydrogens is 362 g/mol. The van der Waals surface area contributed by atoms with Crippen molar-refractivity contribution in [2.75, 3.05) is 6.54 Å². The first kappa shape index (κ1) is 19.1. The molecule has 0 saturated carbocycles. The Kier molecular flexibility index (Phi) is 5.84. The van der Waals surface area contributed by atoms with Crippen molar-refractivity contribution < 1.29 is 0 Å². The standard InChI is InChI=1S/C22H27N7/c1-3-23-22(27-19-10-11-21-26-16(2)28-29(21)15-19)25-14-17-7-6-8-18(13-17)20-9-4-5-12-24-20/h4-9,12-13,19H,3,10-11,14-15H2,1-2H3,(H2,23,25,27). The van der Waals surface area contributed by atoms with E-state index in [-0.39, 0.29) is 0 Å². The normalized spacial score (nSPS) is 16.3. The Morgan fingerprint density at radius 1 is 1.24 bits per heavy atom. The van der Waals surface area contributed by atoms with E-state index in [9.17, 15) is 0 Å². The summed E-state index contributed by atoms with van der Waals surface area (Å²) in [5.74, 6) is 2.75. The zero-order valence-electron chi connectivity index (χ0n) is 17.0. The lowest BCUT2D eigenvalue weighted by Crippen LogP contribution is -2.47. The average molecular weight is 390 g/mol. The van der Waals surface area contributed by atoms with E-state index in [1.807, 2.05) is 36.0 Å². The minimum Gasteiger partial charge on any atom is -0.357 e. The molecule has 1 unspecified atom stereocenters. The number of aliphatic imine (C=N–C) groups is 1.